The van der Waals surface area contributed by atoms with Crippen LogP contribution in [0.1, 0.15) is 11.1 Å². The van der Waals surface area contributed by atoms with Gasteiger partial charge < -0.3 is 15.0 Å². The van der Waals surface area contributed by atoms with E-state index in [1.807, 2.05) is 60.4 Å². The van der Waals surface area contributed by atoms with Gasteiger partial charge in [-0.3, -0.25) is 4.79 Å². The maximum atomic E-state index is 12.8. The van der Waals surface area contributed by atoms with Gasteiger partial charge in [-0.1, -0.05) is 65.6 Å². The number of aromatic nitrogens is 2. The molecule has 8 heteroatoms. The van der Waals surface area contributed by atoms with Crippen LogP contribution in [-0.2, 0) is 16.1 Å². The molecule has 2 aromatic carbocycles. The predicted octanol–water partition coefficient (Wildman–Crippen LogP) is 4.36. The molecule has 0 bridgehead atoms. The number of amides is 1. The van der Waals surface area contributed by atoms with Crippen molar-refractivity contribution in [3.8, 4) is 0 Å². The summed E-state index contributed by atoms with van der Waals surface area (Å²) in [6.45, 7) is 3.68. The molecule has 0 fully saturated rings. The van der Waals surface area contributed by atoms with Crippen molar-refractivity contribution in [3.63, 3.8) is 0 Å². The SMILES string of the molecule is COCCN(Cc1ccccc1)C(=O)CSc1nnc(Nc2cccc(C)c2)s1. The molecule has 1 aromatic heterocycles. The number of ether oxygens (including phenoxy) is 1. The third-order valence-electron chi connectivity index (χ3n) is 4.13. The molecule has 0 unspecified atom stereocenters. The van der Waals surface area contributed by atoms with Gasteiger partial charge in [0.15, 0.2) is 4.34 Å². The van der Waals surface area contributed by atoms with Gasteiger partial charge in [-0.05, 0) is 30.2 Å². The summed E-state index contributed by atoms with van der Waals surface area (Å²) in [5.41, 5.74) is 3.25. The molecule has 0 aliphatic rings. The van der Waals surface area contributed by atoms with Crippen LogP contribution in [0.5, 0.6) is 0 Å². The second-order valence-electron chi connectivity index (χ2n) is 6.45. The lowest BCUT2D eigenvalue weighted by molar-refractivity contribution is -0.129. The Morgan fingerprint density at radius 2 is 2.00 bits per heavy atom. The van der Waals surface area contributed by atoms with Crippen molar-refractivity contribution in [2.24, 2.45) is 0 Å². The fraction of sp³-hybridized carbons (Fsp3) is 0.286. The van der Waals surface area contributed by atoms with Crippen LogP contribution < -0.4 is 5.32 Å². The first kappa shape index (κ1) is 21.3. The Morgan fingerprint density at radius 1 is 1.17 bits per heavy atom. The van der Waals surface area contributed by atoms with E-state index in [1.165, 1.54) is 28.7 Å². The van der Waals surface area contributed by atoms with E-state index in [1.54, 1.807) is 7.11 Å². The highest BCUT2D eigenvalue weighted by Crippen LogP contribution is 2.28. The van der Waals surface area contributed by atoms with Crippen LogP contribution in [-0.4, -0.2) is 47.0 Å². The molecule has 1 heterocycles. The fourth-order valence-electron chi connectivity index (χ4n) is 2.68. The third kappa shape index (κ3) is 6.85. The fourth-order valence-corrected chi connectivity index (χ4v) is 4.35. The molecule has 6 nitrogen and oxygen atoms in total. The number of nitrogens with one attached hydrogen (secondary N) is 1. The molecule has 3 rings (SSSR count). The molecule has 29 heavy (non-hydrogen) atoms. The molecular weight excluding hydrogens is 404 g/mol. The second-order valence-corrected chi connectivity index (χ2v) is 8.65. The third-order valence-corrected chi connectivity index (χ3v) is 6.09. The lowest BCUT2D eigenvalue weighted by Gasteiger charge is -2.22. The van der Waals surface area contributed by atoms with Gasteiger partial charge in [-0.15, -0.1) is 10.2 Å². The molecule has 1 amide bonds. The van der Waals surface area contributed by atoms with Crippen molar-refractivity contribution in [3.05, 3.63) is 65.7 Å². The smallest absolute Gasteiger partial charge is 0.233 e. The normalized spacial score (nSPS) is 10.7. The Balaban J connectivity index is 1.55. The summed E-state index contributed by atoms with van der Waals surface area (Å²) in [5, 5.41) is 12.3. The molecule has 3 aromatic rings. The van der Waals surface area contributed by atoms with Crippen LogP contribution >= 0.6 is 23.1 Å². The number of carbonyl (C=O) groups is 1. The molecule has 0 saturated carbocycles. The number of benzene rings is 2. The van der Waals surface area contributed by atoms with Gasteiger partial charge in [0.25, 0.3) is 0 Å². The number of thioether (sulfide) groups is 1. The summed E-state index contributed by atoms with van der Waals surface area (Å²) < 4.78 is 5.93. The minimum absolute atomic E-state index is 0.0549. The first-order valence-corrected chi connectivity index (χ1v) is 11.0. The van der Waals surface area contributed by atoms with Crippen molar-refractivity contribution in [2.45, 2.75) is 17.8 Å². The zero-order chi connectivity index (χ0) is 20.5. The Morgan fingerprint density at radius 3 is 2.76 bits per heavy atom. The zero-order valence-electron chi connectivity index (χ0n) is 16.5. The van der Waals surface area contributed by atoms with Crippen molar-refractivity contribution in [2.75, 3.05) is 31.3 Å². The van der Waals surface area contributed by atoms with Crippen molar-refractivity contribution in [1.82, 2.24) is 15.1 Å². The Bertz CT molecular complexity index is 918. The van der Waals surface area contributed by atoms with E-state index in [0.717, 1.165) is 15.6 Å². The van der Waals surface area contributed by atoms with Crippen LogP contribution in [0, 0.1) is 6.92 Å². The number of rotatable bonds is 10. The van der Waals surface area contributed by atoms with Gasteiger partial charge >= 0.3 is 0 Å². The summed E-state index contributed by atoms with van der Waals surface area (Å²) in [6, 6.07) is 18.1. The number of methoxy groups -OCH3 is 1. The highest BCUT2D eigenvalue weighted by molar-refractivity contribution is 8.01. The summed E-state index contributed by atoms with van der Waals surface area (Å²) in [6.07, 6.45) is 0. The van der Waals surface area contributed by atoms with Crippen molar-refractivity contribution in [1.29, 1.82) is 0 Å². The van der Waals surface area contributed by atoms with Gasteiger partial charge in [-0.2, -0.15) is 0 Å². The zero-order valence-corrected chi connectivity index (χ0v) is 18.1. The van der Waals surface area contributed by atoms with Crippen LogP contribution in [0.15, 0.2) is 58.9 Å². The number of carbonyl (C=O) groups excluding carboxylic acids is 1. The standard InChI is InChI=1S/C21H24N4O2S2/c1-16-7-6-10-18(13-16)22-20-23-24-21(29-20)28-15-19(26)25(11-12-27-2)14-17-8-4-3-5-9-17/h3-10,13H,11-12,14-15H2,1-2H3,(H,22,23). The molecule has 152 valence electrons. The average molecular weight is 429 g/mol. The van der Waals surface area contributed by atoms with E-state index in [4.69, 9.17) is 4.74 Å². The van der Waals surface area contributed by atoms with Crippen LogP contribution in [0.4, 0.5) is 10.8 Å². The highest BCUT2D eigenvalue weighted by atomic mass is 32.2. The predicted molar refractivity (Wildman–Crippen MR) is 119 cm³/mol. The molecule has 0 aliphatic carbocycles. The number of nitrogens with zero attached hydrogens (tertiary/aromatic N) is 3. The molecule has 0 atom stereocenters. The quantitative estimate of drug-likeness (QED) is 0.484. The minimum Gasteiger partial charge on any atom is -0.383 e. The van der Waals surface area contributed by atoms with Gasteiger partial charge in [0.2, 0.25) is 11.0 Å². The summed E-state index contributed by atoms with van der Waals surface area (Å²) in [7, 11) is 1.64. The first-order chi connectivity index (χ1) is 14.1. The summed E-state index contributed by atoms with van der Waals surface area (Å²) in [4.78, 5) is 14.6. The molecule has 1 N–H and O–H groups in total. The summed E-state index contributed by atoms with van der Waals surface area (Å²) >= 11 is 2.85. The number of aryl methyl sites for hydroxylation is 1. The largest absolute Gasteiger partial charge is 0.383 e. The van der Waals surface area contributed by atoms with Crippen molar-refractivity contribution >= 4 is 39.8 Å². The molecule has 0 saturated heterocycles. The van der Waals surface area contributed by atoms with E-state index in [-0.39, 0.29) is 5.91 Å². The molecule has 0 aliphatic heterocycles. The number of hydrogen-bond donors (Lipinski definition) is 1. The Labute approximate surface area is 179 Å². The van der Waals surface area contributed by atoms with E-state index in [9.17, 15) is 4.79 Å². The van der Waals surface area contributed by atoms with Crippen LogP contribution in [0.2, 0.25) is 0 Å². The number of hydrogen-bond acceptors (Lipinski definition) is 7. The van der Waals surface area contributed by atoms with Crippen LogP contribution in [0.25, 0.3) is 0 Å². The van der Waals surface area contributed by atoms with Gasteiger partial charge in [0, 0.05) is 25.9 Å². The average Bonchev–Trinajstić information content (AvgIpc) is 3.17. The molecule has 0 spiro atoms. The first-order valence-electron chi connectivity index (χ1n) is 9.24. The Kier molecular flexibility index (Phi) is 8.03. The van der Waals surface area contributed by atoms with E-state index in [0.29, 0.717) is 30.6 Å². The van der Waals surface area contributed by atoms with Gasteiger partial charge in [-0.25, -0.2) is 0 Å². The van der Waals surface area contributed by atoms with E-state index >= 15 is 0 Å². The topological polar surface area (TPSA) is 67.3 Å². The Hall–Kier alpha value is -2.42. The number of anilines is 2. The second kappa shape index (κ2) is 10.9. The lowest BCUT2D eigenvalue weighted by atomic mass is 10.2. The highest BCUT2D eigenvalue weighted by Gasteiger charge is 2.16. The lowest BCUT2D eigenvalue weighted by Crippen LogP contribution is -2.34. The molecular formula is C21H24N4O2S2. The minimum atomic E-state index is 0.0549. The molecule has 0 radical (unpaired) electrons. The van der Waals surface area contributed by atoms with E-state index in [2.05, 4.69) is 21.6 Å². The van der Waals surface area contributed by atoms with Gasteiger partial charge in [0.05, 0.1) is 12.4 Å². The maximum absolute atomic E-state index is 12.8. The van der Waals surface area contributed by atoms with Crippen molar-refractivity contribution < 1.29 is 9.53 Å². The van der Waals surface area contributed by atoms with Gasteiger partial charge in [0.1, 0.15) is 0 Å². The van der Waals surface area contributed by atoms with Crippen LogP contribution in [0.3, 0.4) is 0 Å². The van der Waals surface area contributed by atoms with E-state index < -0.39 is 0 Å². The maximum Gasteiger partial charge on any atom is 0.233 e. The summed E-state index contributed by atoms with van der Waals surface area (Å²) in [5.74, 6) is 0.370. The monoisotopic (exact) mass is 428 g/mol.